The second-order valence-electron chi connectivity index (χ2n) is 6.18. The minimum Gasteiger partial charge on any atom is -0.377 e. The molecule has 1 aliphatic rings. The van der Waals surface area contributed by atoms with Gasteiger partial charge >= 0.3 is 0 Å². The maximum absolute atomic E-state index is 12.3. The molecule has 7 heteroatoms. The number of hydrogen-bond acceptors (Lipinski definition) is 4. The molecular weight excluding hydrogens is 352 g/mol. The number of nitrogens with one attached hydrogen (secondary N) is 2. The largest absolute Gasteiger partial charge is 0.377 e. The molecule has 1 aliphatic heterocycles. The van der Waals surface area contributed by atoms with Gasteiger partial charge in [0, 0.05) is 25.3 Å². The molecule has 0 aliphatic carbocycles. The van der Waals surface area contributed by atoms with E-state index in [1.54, 1.807) is 0 Å². The molecule has 0 unspecified atom stereocenters. The normalized spacial score (nSPS) is 17.2. The van der Waals surface area contributed by atoms with Crippen molar-refractivity contribution in [3.8, 4) is 0 Å². The lowest BCUT2D eigenvalue weighted by Crippen LogP contribution is -2.31. The highest BCUT2D eigenvalue weighted by Crippen LogP contribution is 2.14. The molecule has 2 aromatic carbocycles. The predicted molar refractivity (Wildman–Crippen MR) is 98.2 cm³/mol. The number of carbonyl (C=O) groups is 1. The predicted octanol–water partition coefficient (Wildman–Crippen LogP) is 2.07. The van der Waals surface area contributed by atoms with Gasteiger partial charge in [-0.15, -0.1) is 0 Å². The van der Waals surface area contributed by atoms with Crippen LogP contribution in [0.2, 0.25) is 0 Å². The molecule has 0 aromatic heterocycles. The number of amides is 1. The van der Waals surface area contributed by atoms with E-state index in [0.29, 0.717) is 18.7 Å². The first kappa shape index (κ1) is 18.6. The zero-order valence-corrected chi connectivity index (χ0v) is 15.2. The van der Waals surface area contributed by atoms with E-state index in [9.17, 15) is 13.2 Å². The van der Waals surface area contributed by atoms with Crippen LogP contribution in [0.15, 0.2) is 59.5 Å². The Morgan fingerprint density at radius 3 is 2.46 bits per heavy atom. The summed E-state index contributed by atoms with van der Waals surface area (Å²) in [5.74, 6) is -0.245. The molecule has 1 saturated heterocycles. The third-order valence-corrected chi connectivity index (χ3v) is 5.69. The summed E-state index contributed by atoms with van der Waals surface area (Å²) < 4.78 is 32.6. The molecule has 6 nitrogen and oxygen atoms in total. The van der Waals surface area contributed by atoms with Crippen molar-refractivity contribution in [2.45, 2.75) is 30.4 Å². The lowest BCUT2D eigenvalue weighted by Gasteiger charge is -2.12. The summed E-state index contributed by atoms with van der Waals surface area (Å²) in [6, 6.07) is 15.5. The Labute approximate surface area is 153 Å². The van der Waals surface area contributed by atoms with Crippen molar-refractivity contribution in [1.82, 2.24) is 10.0 Å². The van der Waals surface area contributed by atoms with E-state index in [4.69, 9.17) is 4.74 Å². The highest BCUT2D eigenvalue weighted by Gasteiger charge is 2.20. The molecule has 3 rings (SSSR count). The Morgan fingerprint density at radius 2 is 1.81 bits per heavy atom. The molecular formula is C19H22N2O4S. The van der Waals surface area contributed by atoms with Gasteiger partial charge in [-0.3, -0.25) is 4.79 Å². The van der Waals surface area contributed by atoms with E-state index in [1.807, 2.05) is 30.3 Å². The van der Waals surface area contributed by atoms with Crippen molar-refractivity contribution in [1.29, 1.82) is 0 Å². The average molecular weight is 374 g/mol. The Kier molecular flexibility index (Phi) is 6.03. The first-order chi connectivity index (χ1) is 12.5. The summed E-state index contributed by atoms with van der Waals surface area (Å²) in [5, 5.41) is 2.82. The molecule has 0 bridgehead atoms. The third-order valence-electron chi connectivity index (χ3n) is 4.25. The Balaban J connectivity index is 1.57. The second kappa shape index (κ2) is 8.44. The highest BCUT2D eigenvalue weighted by atomic mass is 32.2. The second-order valence-corrected chi connectivity index (χ2v) is 7.95. The SMILES string of the molecule is O=C(NCc1ccccc1)c1ccc(S(=O)(=O)NC[C@@H]2CCCO2)cc1. The first-order valence-electron chi connectivity index (χ1n) is 8.58. The summed E-state index contributed by atoms with van der Waals surface area (Å²) in [6.45, 7) is 1.36. The molecule has 1 amide bonds. The summed E-state index contributed by atoms with van der Waals surface area (Å²) >= 11 is 0. The van der Waals surface area contributed by atoms with Gasteiger partial charge in [0.25, 0.3) is 5.91 Å². The van der Waals surface area contributed by atoms with Crippen molar-refractivity contribution >= 4 is 15.9 Å². The molecule has 1 heterocycles. The zero-order valence-electron chi connectivity index (χ0n) is 14.4. The van der Waals surface area contributed by atoms with E-state index in [1.165, 1.54) is 24.3 Å². The topological polar surface area (TPSA) is 84.5 Å². The van der Waals surface area contributed by atoms with Crippen LogP contribution in [0.3, 0.4) is 0 Å². The van der Waals surface area contributed by atoms with Crippen LogP contribution >= 0.6 is 0 Å². The van der Waals surface area contributed by atoms with Crippen LogP contribution in [0.25, 0.3) is 0 Å². The van der Waals surface area contributed by atoms with Crippen LogP contribution < -0.4 is 10.0 Å². The Morgan fingerprint density at radius 1 is 1.08 bits per heavy atom. The van der Waals surface area contributed by atoms with Gasteiger partial charge in [-0.05, 0) is 42.7 Å². The quantitative estimate of drug-likeness (QED) is 0.777. The molecule has 0 radical (unpaired) electrons. The summed E-state index contributed by atoms with van der Waals surface area (Å²) in [4.78, 5) is 12.3. The summed E-state index contributed by atoms with van der Waals surface area (Å²) in [5.41, 5.74) is 1.41. The van der Waals surface area contributed by atoms with Crippen molar-refractivity contribution in [3.63, 3.8) is 0 Å². The molecule has 0 spiro atoms. The monoisotopic (exact) mass is 374 g/mol. The van der Waals surface area contributed by atoms with Crippen LogP contribution in [-0.2, 0) is 21.3 Å². The number of benzene rings is 2. The van der Waals surface area contributed by atoms with Crippen LogP contribution in [0, 0.1) is 0 Å². The van der Waals surface area contributed by atoms with Gasteiger partial charge in [-0.25, -0.2) is 13.1 Å². The summed E-state index contributed by atoms with van der Waals surface area (Å²) in [7, 11) is -3.61. The lowest BCUT2D eigenvalue weighted by molar-refractivity contribution is 0.0951. The molecule has 2 aromatic rings. The number of rotatable bonds is 7. The van der Waals surface area contributed by atoms with E-state index in [0.717, 1.165) is 18.4 Å². The smallest absolute Gasteiger partial charge is 0.251 e. The average Bonchev–Trinajstić information content (AvgIpc) is 3.19. The van der Waals surface area contributed by atoms with Gasteiger partial charge in [-0.1, -0.05) is 30.3 Å². The van der Waals surface area contributed by atoms with E-state index >= 15 is 0 Å². The molecule has 2 N–H and O–H groups in total. The minimum atomic E-state index is -3.61. The highest BCUT2D eigenvalue weighted by molar-refractivity contribution is 7.89. The maximum Gasteiger partial charge on any atom is 0.251 e. The standard InChI is InChI=1S/C19H22N2O4S/c22-19(20-13-15-5-2-1-3-6-15)16-8-10-18(11-9-16)26(23,24)21-14-17-7-4-12-25-17/h1-3,5-6,8-11,17,21H,4,7,12-14H2,(H,20,22)/t17-/m0/s1. The van der Waals surface area contributed by atoms with Crippen molar-refractivity contribution < 1.29 is 17.9 Å². The molecule has 0 saturated carbocycles. The number of ether oxygens (including phenoxy) is 1. The molecule has 138 valence electrons. The maximum atomic E-state index is 12.3. The fourth-order valence-corrected chi connectivity index (χ4v) is 3.82. The molecule has 1 atom stereocenters. The molecule has 1 fully saturated rings. The lowest BCUT2D eigenvalue weighted by atomic mass is 10.2. The summed E-state index contributed by atoms with van der Waals surface area (Å²) in [6.07, 6.45) is 1.76. The molecule has 26 heavy (non-hydrogen) atoms. The van der Waals surface area contributed by atoms with E-state index in [-0.39, 0.29) is 23.5 Å². The van der Waals surface area contributed by atoms with Gasteiger partial charge in [0.05, 0.1) is 11.0 Å². The van der Waals surface area contributed by atoms with Crippen LogP contribution in [0.1, 0.15) is 28.8 Å². The first-order valence-corrected chi connectivity index (χ1v) is 10.1. The fourth-order valence-electron chi connectivity index (χ4n) is 2.76. The third kappa shape index (κ3) is 4.91. The van der Waals surface area contributed by atoms with Gasteiger partial charge in [0.15, 0.2) is 0 Å². The van der Waals surface area contributed by atoms with Crippen molar-refractivity contribution in [2.24, 2.45) is 0 Å². The Bertz CT molecular complexity index is 830. The van der Waals surface area contributed by atoms with Crippen LogP contribution in [0.4, 0.5) is 0 Å². The van der Waals surface area contributed by atoms with Gasteiger partial charge in [-0.2, -0.15) is 0 Å². The number of hydrogen-bond donors (Lipinski definition) is 2. The van der Waals surface area contributed by atoms with Gasteiger partial charge < -0.3 is 10.1 Å². The van der Waals surface area contributed by atoms with E-state index < -0.39 is 10.0 Å². The van der Waals surface area contributed by atoms with Gasteiger partial charge in [0.2, 0.25) is 10.0 Å². The number of carbonyl (C=O) groups excluding carboxylic acids is 1. The zero-order chi connectivity index (χ0) is 18.4. The fraction of sp³-hybridized carbons (Fsp3) is 0.316. The minimum absolute atomic E-state index is 0.0622. The van der Waals surface area contributed by atoms with Crippen LogP contribution in [-0.4, -0.2) is 33.6 Å². The van der Waals surface area contributed by atoms with Crippen molar-refractivity contribution in [3.05, 3.63) is 65.7 Å². The number of sulfonamides is 1. The van der Waals surface area contributed by atoms with Gasteiger partial charge in [0.1, 0.15) is 0 Å². The van der Waals surface area contributed by atoms with Crippen molar-refractivity contribution in [2.75, 3.05) is 13.2 Å². The van der Waals surface area contributed by atoms with E-state index in [2.05, 4.69) is 10.0 Å². The Hall–Kier alpha value is -2.22. The van der Waals surface area contributed by atoms with Crippen LogP contribution in [0.5, 0.6) is 0 Å².